The Bertz CT molecular complexity index is 562. The van der Waals surface area contributed by atoms with E-state index in [2.05, 4.69) is 14.7 Å². The molecule has 1 aromatic carbocycles. The lowest BCUT2D eigenvalue weighted by Crippen LogP contribution is -2.13. The highest BCUT2D eigenvalue weighted by Crippen LogP contribution is 2.05. The van der Waals surface area contributed by atoms with E-state index in [1.54, 1.807) is 18.2 Å². The highest BCUT2D eigenvalue weighted by Gasteiger charge is 2.02. The third-order valence-corrected chi connectivity index (χ3v) is 2.19. The molecular weight excluding hydrogens is 208 g/mol. The predicted molar refractivity (Wildman–Crippen MR) is 58.1 cm³/mol. The van der Waals surface area contributed by atoms with Gasteiger partial charge < -0.3 is 9.72 Å². The fourth-order valence-electron chi connectivity index (χ4n) is 1.46. The molecule has 0 atom stereocenters. The van der Waals surface area contributed by atoms with Crippen molar-refractivity contribution in [3.63, 3.8) is 0 Å². The molecule has 1 aromatic heterocycles. The molecule has 2 aromatic rings. The number of rotatable bonds is 4. The Morgan fingerprint density at radius 3 is 3.00 bits per heavy atom. The van der Waals surface area contributed by atoms with E-state index >= 15 is 0 Å². The van der Waals surface area contributed by atoms with Crippen LogP contribution in [0.25, 0.3) is 10.9 Å². The Balaban J connectivity index is 2.34. The minimum atomic E-state index is -0.174. The number of carbonyl (C=O) groups excluding carboxylic acids is 1. The lowest BCUT2D eigenvalue weighted by atomic mass is 10.2. The molecule has 0 unspecified atom stereocenters. The van der Waals surface area contributed by atoms with Crippen molar-refractivity contribution in [2.75, 3.05) is 6.61 Å². The molecule has 0 aliphatic carbocycles. The summed E-state index contributed by atoms with van der Waals surface area (Å²) in [5.74, 6) is 0.519. The second-order valence-electron chi connectivity index (χ2n) is 3.25. The van der Waals surface area contributed by atoms with Gasteiger partial charge in [0.15, 0.2) is 0 Å². The number of aromatic nitrogens is 2. The van der Waals surface area contributed by atoms with Crippen LogP contribution >= 0.6 is 0 Å². The monoisotopic (exact) mass is 218 g/mol. The molecule has 82 valence electrons. The van der Waals surface area contributed by atoms with E-state index in [1.807, 2.05) is 6.07 Å². The van der Waals surface area contributed by atoms with Gasteiger partial charge in [0.2, 0.25) is 0 Å². The minimum absolute atomic E-state index is 0.174. The zero-order valence-corrected chi connectivity index (χ0v) is 8.47. The summed E-state index contributed by atoms with van der Waals surface area (Å²) in [6.07, 6.45) is 0.402. The first-order valence-electron chi connectivity index (χ1n) is 4.84. The third kappa shape index (κ3) is 2.08. The largest absolute Gasteiger partial charge is 0.467 e. The van der Waals surface area contributed by atoms with Crippen LogP contribution in [-0.4, -0.2) is 23.0 Å². The van der Waals surface area contributed by atoms with Crippen molar-refractivity contribution in [2.24, 2.45) is 0 Å². The molecule has 0 radical (unpaired) electrons. The average Bonchev–Trinajstić information content (AvgIpc) is 2.30. The molecule has 0 saturated heterocycles. The molecule has 0 bridgehead atoms. The highest BCUT2D eigenvalue weighted by atomic mass is 16.5. The Morgan fingerprint density at radius 1 is 1.38 bits per heavy atom. The quantitative estimate of drug-likeness (QED) is 0.603. The van der Waals surface area contributed by atoms with Gasteiger partial charge in [-0.1, -0.05) is 12.1 Å². The van der Waals surface area contributed by atoms with Crippen LogP contribution in [0, 0.1) is 0 Å². The standard InChI is InChI=1S/C11H10N2O3/c14-7-16-6-5-10-12-9-4-2-1-3-8(9)11(15)13-10/h1-4,7H,5-6H2,(H,12,13,15). The number of nitrogens with zero attached hydrogens (tertiary/aromatic N) is 1. The van der Waals surface area contributed by atoms with E-state index in [0.29, 0.717) is 29.6 Å². The first-order valence-corrected chi connectivity index (χ1v) is 4.84. The molecular formula is C11H10N2O3. The van der Waals surface area contributed by atoms with Crippen molar-refractivity contribution in [1.29, 1.82) is 0 Å². The van der Waals surface area contributed by atoms with Gasteiger partial charge in [0.1, 0.15) is 5.82 Å². The molecule has 2 rings (SSSR count). The fraction of sp³-hybridized carbons (Fsp3) is 0.182. The lowest BCUT2D eigenvalue weighted by Gasteiger charge is -2.01. The van der Waals surface area contributed by atoms with Gasteiger partial charge in [-0.2, -0.15) is 0 Å². The van der Waals surface area contributed by atoms with Crippen LogP contribution in [0.15, 0.2) is 29.1 Å². The summed E-state index contributed by atoms with van der Waals surface area (Å²) in [6, 6.07) is 7.09. The van der Waals surface area contributed by atoms with E-state index in [0.717, 1.165) is 0 Å². The number of aromatic amines is 1. The van der Waals surface area contributed by atoms with Crippen LogP contribution in [0.4, 0.5) is 0 Å². The first-order chi connectivity index (χ1) is 7.81. The second-order valence-corrected chi connectivity index (χ2v) is 3.25. The number of benzene rings is 1. The Kier molecular flexibility index (Phi) is 2.95. The van der Waals surface area contributed by atoms with Gasteiger partial charge >= 0.3 is 0 Å². The number of para-hydroxylation sites is 1. The highest BCUT2D eigenvalue weighted by molar-refractivity contribution is 5.77. The van der Waals surface area contributed by atoms with Gasteiger partial charge in [-0.05, 0) is 12.1 Å². The normalized spacial score (nSPS) is 10.2. The summed E-state index contributed by atoms with van der Waals surface area (Å²) in [5.41, 5.74) is 0.471. The van der Waals surface area contributed by atoms with E-state index < -0.39 is 0 Å². The zero-order chi connectivity index (χ0) is 11.4. The maximum atomic E-state index is 11.6. The summed E-state index contributed by atoms with van der Waals surface area (Å²) in [4.78, 5) is 28.5. The number of carbonyl (C=O) groups is 1. The Morgan fingerprint density at radius 2 is 2.19 bits per heavy atom. The predicted octanol–water partition coefficient (Wildman–Crippen LogP) is 0.639. The SMILES string of the molecule is O=COCCc1nc2ccccc2c(=O)[nH]1. The number of fused-ring (bicyclic) bond motifs is 1. The number of hydrogen-bond donors (Lipinski definition) is 1. The van der Waals surface area contributed by atoms with Gasteiger partial charge in [0, 0.05) is 6.42 Å². The number of nitrogens with one attached hydrogen (secondary N) is 1. The van der Waals surface area contributed by atoms with Crippen LogP contribution < -0.4 is 5.56 Å². The Hall–Kier alpha value is -2.17. The van der Waals surface area contributed by atoms with Crippen molar-refractivity contribution in [3.05, 3.63) is 40.4 Å². The van der Waals surface area contributed by atoms with Crippen LogP contribution in [0.2, 0.25) is 0 Å². The third-order valence-electron chi connectivity index (χ3n) is 2.19. The van der Waals surface area contributed by atoms with E-state index in [-0.39, 0.29) is 12.2 Å². The van der Waals surface area contributed by atoms with Crippen LogP contribution in [0.1, 0.15) is 5.82 Å². The zero-order valence-electron chi connectivity index (χ0n) is 8.47. The average molecular weight is 218 g/mol. The fourth-order valence-corrected chi connectivity index (χ4v) is 1.46. The molecule has 0 amide bonds. The van der Waals surface area contributed by atoms with Gasteiger partial charge in [-0.15, -0.1) is 0 Å². The topological polar surface area (TPSA) is 72.0 Å². The minimum Gasteiger partial charge on any atom is -0.467 e. The van der Waals surface area contributed by atoms with E-state index in [9.17, 15) is 9.59 Å². The molecule has 1 N–H and O–H groups in total. The molecule has 0 aliphatic heterocycles. The lowest BCUT2D eigenvalue weighted by molar-refractivity contribution is -0.128. The van der Waals surface area contributed by atoms with Crippen molar-refractivity contribution in [3.8, 4) is 0 Å². The smallest absolute Gasteiger partial charge is 0.293 e. The van der Waals surface area contributed by atoms with Crippen LogP contribution in [0.3, 0.4) is 0 Å². The van der Waals surface area contributed by atoms with Crippen molar-refractivity contribution >= 4 is 17.4 Å². The number of hydrogen-bond acceptors (Lipinski definition) is 4. The summed E-state index contributed by atoms with van der Waals surface area (Å²) < 4.78 is 4.55. The Labute approximate surface area is 91.1 Å². The van der Waals surface area contributed by atoms with Crippen molar-refractivity contribution in [2.45, 2.75) is 6.42 Å². The van der Waals surface area contributed by atoms with Crippen LogP contribution in [-0.2, 0) is 16.0 Å². The van der Waals surface area contributed by atoms with Gasteiger partial charge in [0.05, 0.1) is 17.5 Å². The van der Waals surface area contributed by atoms with Crippen molar-refractivity contribution in [1.82, 2.24) is 9.97 Å². The summed E-state index contributed by atoms with van der Waals surface area (Å²) in [5, 5.41) is 0.558. The van der Waals surface area contributed by atoms with Gasteiger partial charge in [-0.3, -0.25) is 9.59 Å². The molecule has 0 aliphatic rings. The maximum absolute atomic E-state index is 11.6. The molecule has 0 fully saturated rings. The van der Waals surface area contributed by atoms with E-state index in [1.165, 1.54) is 0 Å². The molecule has 5 nitrogen and oxygen atoms in total. The molecule has 5 heteroatoms. The van der Waals surface area contributed by atoms with Gasteiger partial charge in [-0.25, -0.2) is 4.98 Å². The van der Waals surface area contributed by atoms with Crippen LogP contribution in [0.5, 0.6) is 0 Å². The maximum Gasteiger partial charge on any atom is 0.293 e. The summed E-state index contributed by atoms with van der Waals surface area (Å²) in [7, 11) is 0. The first kappa shape index (κ1) is 10.4. The molecule has 0 spiro atoms. The number of ether oxygens (including phenoxy) is 1. The summed E-state index contributed by atoms with van der Waals surface area (Å²) in [6.45, 7) is 0.587. The van der Waals surface area contributed by atoms with Gasteiger partial charge in [0.25, 0.3) is 12.0 Å². The molecule has 16 heavy (non-hydrogen) atoms. The number of H-pyrrole nitrogens is 1. The second kappa shape index (κ2) is 4.57. The van der Waals surface area contributed by atoms with Crippen molar-refractivity contribution < 1.29 is 9.53 Å². The molecule has 0 saturated carbocycles. The van der Waals surface area contributed by atoms with E-state index in [4.69, 9.17) is 0 Å². The summed E-state index contributed by atoms with van der Waals surface area (Å²) >= 11 is 0. The molecule has 1 heterocycles.